The summed E-state index contributed by atoms with van der Waals surface area (Å²) in [5.41, 5.74) is 3.68. The molecule has 272 valence electrons. The number of piperazine rings is 1. The Balaban J connectivity index is 0.000000338. The van der Waals surface area contributed by atoms with Gasteiger partial charge in [0.2, 0.25) is 0 Å². The van der Waals surface area contributed by atoms with E-state index in [0.717, 1.165) is 54.5 Å². The number of anilines is 1. The van der Waals surface area contributed by atoms with Crippen LogP contribution in [0, 0.1) is 5.82 Å². The maximum absolute atomic E-state index is 13.9. The van der Waals surface area contributed by atoms with E-state index in [9.17, 15) is 43.9 Å². The number of rotatable bonds is 4. The lowest BCUT2D eigenvalue weighted by Crippen LogP contribution is -2.46. The minimum absolute atomic E-state index is 0.137. The van der Waals surface area contributed by atoms with E-state index in [2.05, 4.69) is 29.2 Å². The smallest absolute Gasteiger partial charge is 0.475 e. The van der Waals surface area contributed by atoms with Crippen molar-refractivity contribution in [3.63, 3.8) is 0 Å². The Morgan fingerprint density at radius 3 is 1.64 bits per heavy atom. The van der Waals surface area contributed by atoms with Crippen molar-refractivity contribution in [3.05, 3.63) is 78.8 Å². The van der Waals surface area contributed by atoms with Gasteiger partial charge in [-0.25, -0.2) is 28.7 Å². The summed E-state index contributed by atoms with van der Waals surface area (Å²) in [5.74, 6) is -7.52. The first-order valence-corrected chi connectivity index (χ1v) is 13.5. The van der Waals surface area contributed by atoms with Crippen molar-refractivity contribution in [1.29, 1.82) is 0 Å². The van der Waals surface area contributed by atoms with Crippen molar-refractivity contribution in [3.8, 4) is 11.3 Å². The fraction of sp³-hybridized carbons (Fsp3) is 0.286. The number of hydrogen-bond donors (Lipinski definition) is 3. The maximum atomic E-state index is 13.9. The predicted molar refractivity (Wildman–Crippen MR) is 151 cm³/mol. The topological polar surface area (TPSA) is 161 Å². The Bertz CT molecular complexity index is 1670. The molecular weight excluding hydrogens is 706 g/mol. The van der Waals surface area contributed by atoms with E-state index >= 15 is 0 Å². The molecule has 0 spiro atoms. The Morgan fingerprint density at radius 1 is 0.700 bits per heavy atom. The van der Waals surface area contributed by atoms with Gasteiger partial charge in [-0.05, 0) is 18.2 Å². The molecule has 3 aromatic heterocycles. The molecule has 50 heavy (non-hydrogen) atoms. The van der Waals surface area contributed by atoms with Crippen molar-refractivity contribution in [2.45, 2.75) is 25.1 Å². The third-order valence-electron chi connectivity index (χ3n) is 6.14. The van der Waals surface area contributed by atoms with Crippen LogP contribution in [0.5, 0.6) is 0 Å². The minimum atomic E-state index is -5.08. The summed E-state index contributed by atoms with van der Waals surface area (Å²) < 4.78 is 111. The highest BCUT2D eigenvalue weighted by Crippen LogP contribution is 2.26. The quantitative estimate of drug-likeness (QED) is 0.238. The highest BCUT2D eigenvalue weighted by Gasteiger charge is 2.39. The van der Waals surface area contributed by atoms with Gasteiger partial charge in [0, 0.05) is 68.6 Å². The van der Waals surface area contributed by atoms with Gasteiger partial charge in [-0.1, -0.05) is 18.2 Å². The lowest BCUT2D eigenvalue weighted by molar-refractivity contribution is -0.193. The molecule has 12 nitrogen and oxygen atoms in total. The number of benzene rings is 1. The Labute approximate surface area is 273 Å². The van der Waals surface area contributed by atoms with Crippen LogP contribution < -0.4 is 4.90 Å². The van der Waals surface area contributed by atoms with Crippen LogP contribution in [0.3, 0.4) is 0 Å². The highest BCUT2D eigenvalue weighted by atomic mass is 19.4. The Hall–Kier alpha value is -5.54. The van der Waals surface area contributed by atoms with Crippen LogP contribution in [0.1, 0.15) is 5.56 Å². The normalized spacial score (nSPS) is 13.5. The molecule has 1 saturated heterocycles. The molecule has 3 N–H and O–H groups in total. The van der Waals surface area contributed by atoms with Crippen LogP contribution in [0.25, 0.3) is 16.9 Å². The van der Waals surface area contributed by atoms with Gasteiger partial charge in [0.05, 0.1) is 11.9 Å². The molecule has 1 aromatic carbocycles. The largest absolute Gasteiger partial charge is 0.490 e. The first-order chi connectivity index (χ1) is 23.1. The number of imidazole rings is 1. The zero-order valence-corrected chi connectivity index (χ0v) is 24.9. The van der Waals surface area contributed by atoms with Gasteiger partial charge in [-0.3, -0.25) is 14.3 Å². The van der Waals surface area contributed by atoms with E-state index in [-0.39, 0.29) is 5.82 Å². The molecule has 0 amide bonds. The van der Waals surface area contributed by atoms with Crippen molar-refractivity contribution in [1.82, 2.24) is 24.3 Å². The number of nitrogens with zero attached hydrogens (tertiary/aromatic N) is 6. The average molecular weight is 731 g/mol. The van der Waals surface area contributed by atoms with E-state index in [0.29, 0.717) is 6.54 Å². The SMILES string of the molecule is Fc1ccccc1CN1CCN(c2nccn3c(-c4ccncc4)cnc23)CC1.O=C(O)C(F)(F)F.O=C(O)C(F)(F)F.O=C(O)C(F)(F)F. The van der Waals surface area contributed by atoms with Crippen molar-refractivity contribution in [2.24, 2.45) is 0 Å². The molecule has 5 rings (SSSR count). The first kappa shape index (κ1) is 40.6. The van der Waals surface area contributed by atoms with Crippen LogP contribution >= 0.6 is 0 Å². The number of aliphatic carboxylic acids is 3. The third kappa shape index (κ3) is 12.5. The van der Waals surface area contributed by atoms with E-state index in [1.54, 1.807) is 18.5 Å². The van der Waals surface area contributed by atoms with Gasteiger partial charge in [-0.2, -0.15) is 39.5 Å². The van der Waals surface area contributed by atoms with Crippen molar-refractivity contribution in [2.75, 3.05) is 31.1 Å². The summed E-state index contributed by atoms with van der Waals surface area (Å²) in [6.45, 7) is 4.01. The number of carbonyl (C=O) groups is 3. The van der Waals surface area contributed by atoms with E-state index < -0.39 is 36.4 Å². The van der Waals surface area contributed by atoms with Gasteiger partial charge >= 0.3 is 36.4 Å². The third-order valence-corrected chi connectivity index (χ3v) is 6.14. The minimum Gasteiger partial charge on any atom is -0.475 e. The fourth-order valence-electron chi connectivity index (χ4n) is 3.85. The number of alkyl halides is 9. The number of fused-ring (bicyclic) bond motifs is 1. The highest BCUT2D eigenvalue weighted by molar-refractivity contribution is 5.74. The second kappa shape index (κ2) is 17.2. The average Bonchev–Trinajstić information content (AvgIpc) is 3.47. The molecule has 1 aliphatic heterocycles. The van der Waals surface area contributed by atoms with Gasteiger partial charge in [0.25, 0.3) is 0 Å². The van der Waals surface area contributed by atoms with E-state index in [4.69, 9.17) is 29.7 Å². The van der Waals surface area contributed by atoms with Gasteiger partial charge in [-0.15, -0.1) is 0 Å². The van der Waals surface area contributed by atoms with Crippen molar-refractivity contribution >= 4 is 29.4 Å². The molecule has 0 radical (unpaired) electrons. The summed E-state index contributed by atoms with van der Waals surface area (Å²) in [5, 5.41) is 21.4. The second-order valence-corrected chi connectivity index (χ2v) is 9.59. The van der Waals surface area contributed by atoms with Crippen LogP contribution in [-0.2, 0) is 20.9 Å². The number of carboxylic acid groups (broad SMARTS) is 3. The fourth-order valence-corrected chi connectivity index (χ4v) is 3.85. The Morgan fingerprint density at radius 2 is 1.18 bits per heavy atom. The summed E-state index contributed by atoms with van der Waals surface area (Å²) in [6, 6.07) is 11.0. The lowest BCUT2D eigenvalue weighted by Gasteiger charge is -2.35. The Kier molecular flexibility index (Phi) is 14.0. The van der Waals surface area contributed by atoms with Gasteiger partial charge in [0.1, 0.15) is 5.82 Å². The number of pyridine rings is 1. The standard InChI is InChI=1S/C22H21FN6.3C2HF3O2/c23-19-4-2-1-3-18(19)16-27-11-13-28(14-12-27)21-22-26-15-20(29(22)10-9-25-21)17-5-7-24-8-6-17;3*3-2(4,5)1(6)7/h1-10,15H,11-14,16H2;3*(H,6,7). The lowest BCUT2D eigenvalue weighted by atomic mass is 10.2. The van der Waals surface area contributed by atoms with Crippen LogP contribution in [0.2, 0.25) is 0 Å². The monoisotopic (exact) mass is 730 g/mol. The molecule has 0 atom stereocenters. The van der Waals surface area contributed by atoms with E-state index in [1.807, 2.05) is 42.9 Å². The summed E-state index contributed by atoms with van der Waals surface area (Å²) >= 11 is 0. The first-order valence-electron chi connectivity index (χ1n) is 13.5. The van der Waals surface area contributed by atoms with Gasteiger partial charge in [0.15, 0.2) is 11.5 Å². The summed E-state index contributed by atoms with van der Waals surface area (Å²) in [4.78, 5) is 44.6. The molecular formula is C28H24F10N6O6. The molecule has 4 heterocycles. The molecule has 1 fully saturated rings. The van der Waals surface area contributed by atoms with Gasteiger partial charge < -0.3 is 20.2 Å². The molecule has 22 heteroatoms. The molecule has 0 unspecified atom stereocenters. The summed E-state index contributed by atoms with van der Waals surface area (Å²) in [7, 11) is 0. The molecule has 0 bridgehead atoms. The van der Waals surface area contributed by atoms with E-state index in [1.165, 1.54) is 6.07 Å². The molecule has 4 aromatic rings. The van der Waals surface area contributed by atoms with Crippen molar-refractivity contribution < 1.29 is 73.6 Å². The summed E-state index contributed by atoms with van der Waals surface area (Å²) in [6.07, 6.45) is -6.04. The number of halogens is 10. The van der Waals surface area contributed by atoms with Crippen LogP contribution in [0.4, 0.5) is 49.7 Å². The van der Waals surface area contributed by atoms with Crippen LogP contribution in [-0.4, -0.2) is 102 Å². The number of aromatic nitrogens is 4. The molecule has 0 aliphatic carbocycles. The second-order valence-electron chi connectivity index (χ2n) is 9.59. The van der Waals surface area contributed by atoms with Crippen LogP contribution in [0.15, 0.2) is 67.4 Å². The number of hydrogen-bond acceptors (Lipinski definition) is 8. The zero-order valence-electron chi connectivity index (χ0n) is 24.9. The predicted octanol–water partition coefficient (Wildman–Crippen LogP) is 5.15. The zero-order chi connectivity index (χ0) is 37.9. The number of carboxylic acids is 3. The maximum Gasteiger partial charge on any atom is 0.490 e. The molecule has 0 saturated carbocycles. The molecule has 1 aliphatic rings.